The number of aromatic nitrogens is 1. The van der Waals surface area contributed by atoms with Gasteiger partial charge in [0.25, 0.3) is 10.0 Å². The molecule has 6 nitrogen and oxygen atoms in total. The van der Waals surface area contributed by atoms with Crippen molar-refractivity contribution in [3.63, 3.8) is 0 Å². The number of carbonyl (C=O) groups excluding carboxylic acids is 1. The van der Waals surface area contributed by atoms with Crippen molar-refractivity contribution in [2.45, 2.75) is 68.7 Å². The summed E-state index contributed by atoms with van der Waals surface area (Å²) in [5, 5.41) is 10.0. The van der Waals surface area contributed by atoms with Crippen molar-refractivity contribution >= 4 is 27.3 Å². The second-order valence-corrected chi connectivity index (χ2v) is 11.0. The predicted octanol–water partition coefficient (Wildman–Crippen LogP) is 2.40. The Labute approximate surface area is 169 Å². The SMILES string of the molecule is CC(C)(O)c1cnc(S(=O)(=O)NC(=O)Cc2c3c(cc4c2CCC4)CCC3)s1. The number of sulfonamides is 1. The molecule has 8 heteroatoms. The fraction of sp³-hybridized carbons (Fsp3) is 0.500. The minimum Gasteiger partial charge on any atom is -0.385 e. The summed E-state index contributed by atoms with van der Waals surface area (Å²) >= 11 is 0.871. The molecular formula is C20H24N2O4S2. The van der Waals surface area contributed by atoms with Crippen LogP contribution in [0.2, 0.25) is 0 Å². The monoisotopic (exact) mass is 420 g/mol. The van der Waals surface area contributed by atoms with E-state index in [1.165, 1.54) is 28.5 Å². The quantitative estimate of drug-likeness (QED) is 0.774. The van der Waals surface area contributed by atoms with Crippen LogP contribution in [0.3, 0.4) is 0 Å². The van der Waals surface area contributed by atoms with Crippen molar-refractivity contribution in [3.05, 3.63) is 45.0 Å². The normalized spacial score (nSPS) is 16.1. The van der Waals surface area contributed by atoms with Gasteiger partial charge in [-0.25, -0.2) is 9.71 Å². The standard InChI is InChI=1S/C20H24N2O4S2/c1-20(2,24)17-11-21-19(27-17)28(25,26)22-18(23)10-16-14-7-3-5-12(14)9-13-6-4-8-15(13)16/h9,11,24H,3-8,10H2,1-2H3,(H,22,23). The molecular weight excluding hydrogens is 396 g/mol. The second kappa shape index (κ2) is 6.93. The fourth-order valence-corrected chi connectivity index (χ4v) is 6.34. The highest BCUT2D eigenvalue weighted by Crippen LogP contribution is 2.35. The Morgan fingerprint density at radius 1 is 1.18 bits per heavy atom. The average Bonchev–Trinajstić information content (AvgIpc) is 3.33. The third kappa shape index (κ3) is 3.60. The van der Waals surface area contributed by atoms with Crippen molar-refractivity contribution in [2.75, 3.05) is 0 Å². The first-order chi connectivity index (χ1) is 13.1. The van der Waals surface area contributed by atoms with Crippen LogP contribution >= 0.6 is 11.3 Å². The molecule has 0 fully saturated rings. The van der Waals surface area contributed by atoms with Crippen molar-refractivity contribution < 1.29 is 18.3 Å². The molecule has 0 aliphatic heterocycles. The number of nitrogens with zero attached hydrogens (tertiary/aromatic N) is 1. The number of amides is 1. The molecule has 2 N–H and O–H groups in total. The van der Waals surface area contributed by atoms with Crippen LogP contribution in [0.1, 0.15) is 59.4 Å². The lowest BCUT2D eigenvalue weighted by Gasteiger charge is -2.15. The van der Waals surface area contributed by atoms with Crippen molar-refractivity contribution in [2.24, 2.45) is 0 Å². The molecule has 0 unspecified atom stereocenters. The molecule has 150 valence electrons. The molecule has 0 saturated carbocycles. The largest absolute Gasteiger partial charge is 0.385 e. The van der Waals surface area contributed by atoms with Gasteiger partial charge in [0, 0.05) is 6.20 Å². The van der Waals surface area contributed by atoms with Crippen LogP contribution in [0.25, 0.3) is 0 Å². The maximum absolute atomic E-state index is 12.6. The smallest absolute Gasteiger partial charge is 0.291 e. The van der Waals surface area contributed by atoms with E-state index in [0.29, 0.717) is 4.88 Å². The molecule has 0 spiro atoms. The molecule has 1 heterocycles. The molecule has 28 heavy (non-hydrogen) atoms. The van der Waals surface area contributed by atoms with Crippen LogP contribution in [0, 0.1) is 0 Å². The lowest BCUT2D eigenvalue weighted by atomic mass is 9.92. The highest BCUT2D eigenvalue weighted by Gasteiger charge is 2.29. The van der Waals surface area contributed by atoms with E-state index in [1.54, 1.807) is 13.8 Å². The molecule has 4 rings (SSSR count). The van der Waals surface area contributed by atoms with Crippen molar-refractivity contribution in [3.8, 4) is 0 Å². The van der Waals surface area contributed by atoms with Gasteiger partial charge < -0.3 is 5.11 Å². The lowest BCUT2D eigenvalue weighted by Crippen LogP contribution is -2.32. The third-order valence-corrected chi connectivity index (χ3v) is 8.58. The molecule has 0 radical (unpaired) electrons. The average molecular weight is 421 g/mol. The summed E-state index contributed by atoms with van der Waals surface area (Å²) in [4.78, 5) is 17.0. The first-order valence-corrected chi connectivity index (χ1v) is 11.8. The summed E-state index contributed by atoms with van der Waals surface area (Å²) in [5.74, 6) is -0.533. The number of hydrogen-bond acceptors (Lipinski definition) is 6. The van der Waals surface area contributed by atoms with Crippen LogP contribution < -0.4 is 4.72 Å². The Bertz CT molecular complexity index is 1020. The van der Waals surface area contributed by atoms with Crippen molar-refractivity contribution in [1.29, 1.82) is 0 Å². The highest BCUT2D eigenvalue weighted by atomic mass is 32.2. The highest BCUT2D eigenvalue weighted by molar-refractivity contribution is 7.92. The Hall–Kier alpha value is -1.77. The van der Waals surface area contributed by atoms with E-state index in [9.17, 15) is 18.3 Å². The Balaban J connectivity index is 1.56. The van der Waals surface area contributed by atoms with Gasteiger partial charge in [-0.2, -0.15) is 8.42 Å². The van der Waals surface area contributed by atoms with Gasteiger partial charge in [-0.05, 0) is 80.2 Å². The van der Waals surface area contributed by atoms with Crippen LogP contribution in [-0.2, 0) is 52.5 Å². The van der Waals surface area contributed by atoms with Gasteiger partial charge in [-0.15, -0.1) is 11.3 Å². The van der Waals surface area contributed by atoms with Gasteiger partial charge in [0.15, 0.2) is 0 Å². The Morgan fingerprint density at radius 3 is 2.32 bits per heavy atom. The molecule has 0 atom stereocenters. The number of rotatable bonds is 5. The van der Waals surface area contributed by atoms with Crippen LogP contribution in [0.4, 0.5) is 0 Å². The van der Waals surface area contributed by atoms with Crippen LogP contribution in [0.15, 0.2) is 16.6 Å². The fourth-order valence-electron chi connectivity index (χ4n) is 4.20. The zero-order chi connectivity index (χ0) is 20.1. The lowest BCUT2D eigenvalue weighted by molar-refractivity contribution is -0.118. The first kappa shape index (κ1) is 19.5. The zero-order valence-electron chi connectivity index (χ0n) is 16.0. The topological polar surface area (TPSA) is 96.4 Å². The van der Waals surface area contributed by atoms with Gasteiger partial charge in [0.1, 0.15) is 0 Å². The Morgan fingerprint density at radius 2 is 1.79 bits per heavy atom. The number of aryl methyl sites for hydroxylation is 2. The molecule has 0 saturated heterocycles. The molecule has 1 aromatic heterocycles. The molecule has 2 aliphatic rings. The minimum atomic E-state index is -4.05. The predicted molar refractivity (Wildman–Crippen MR) is 107 cm³/mol. The van der Waals surface area contributed by atoms with Gasteiger partial charge in [0.2, 0.25) is 10.2 Å². The summed E-state index contributed by atoms with van der Waals surface area (Å²) in [6, 6.07) is 2.29. The number of carbonyl (C=O) groups is 1. The minimum absolute atomic E-state index is 0.0778. The maximum atomic E-state index is 12.6. The van der Waals surface area contributed by atoms with E-state index in [4.69, 9.17) is 0 Å². The summed E-state index contributed by atoms with van der Waals surface area (Å²) in [6.07, 6.45) is 7.57. The van der Waals surface area contributed by atoms with Crippen molar-refractivity contribution in [1.82, 2.24) is 9.71 Å². The number of hydrogen-bond donors (Lipinski definition) is 2. The summed E-state index contributed by atoms with van der Waals surface area (Å²) in [6.45, 7) is 3.12. The number of thiazole rings is 1. The van der Waals surface area contributed by atoms with E-state index < -0.39 is 21.5 Å². The third-order valence-electron chi connectivity index (χ3n) is 5.50. The van der Waals surface area contributed by atoms with E-state index >= 15 is 0 Å². The number of fused-ring (bicyclic) bond motifs is 2. The van der Waals surface area contributed by atoms with Gasteiger partial charge >= 0.3 is 0 Å². The first-order valence-electron chi connectivity index (χ1n) is 9.55. The molecule has 1 aromatic carbocycles. The summed E-state index contributed by atoms with van der Waals surface area (Å²) in [7, 11) is -4.05. The molecule has 1 amide bonds. The van der Waals surface area contributed by atoms with Gasteiger partial charge in [0.05, 0.1) is 16.9 Å². The van der Waals surface area contributed by atoms with Gasteiger partial charge in [-0.3, -0.25) is 4.79 Å². The Kier molecular flexibility index (Phi) is 4.84. The van der Waals surface area contributed by atoms with E-state index in [1.807, 2.05) is 0 Å². The molecule has 0 bridgehead atoms. The number of nitrogens with one attached hydrogen (secondary N) is 1. The molecule has 2 aliphatic carbocycles. The second-order valence-electron chi connectivity index (χ2n) is 8.09. The number of benzene rings is 1. The zero-order valence-corrected chi connectivity index (χ0v) is 17.7. The van der Waals surface area contributed by atoms with Crippen LogP contribution in [0.5, 0.6) is 0 Å². The molecule has 2 aromatic rings. The summed E-state index contributed by atoms with van der Waals surface area (Å²) in [5.41, 5.74) is 4.98. The summed E-state index contributed by atoms with van der Waals surface area (Å²) < 4.78 is 27.1. The van der Waals surface area contributed by atoms with E-state index in [0.717, 1.165) is 55.4 Å². The van der Waals surface area contributed by atoms with E-state index in [-0.39, 0.29) is 10.8 Å². The van der Waals surface area contributed by atoms with E-state index in [2.05, 4.69) is 15.8 Å². The van der Waals surface area contributed by atoms with Crippen LogP contribution in [-0.4, -0.2) is 24.4 Å². The van der Waals surface area contributed by atoms with Gasteiger partial charge in [-0.1, -0.05) is 6.07 Å². The number of aliphatic hydroxyl groups is 1. The maximum Gasteiger partial charge on any atom is 0.291 e.